The number of nitro benzene ring substituents is 1. The Balaban J connectivity index is 2.46. The van der Waals surface area contributed by atoms with Crippen molar-refractivity contribution in [3.8, 4) is 5.75 Å². The smallest absolute Gasteiger partial charge is 0.274 e. The molecule has 1 aromatic carbocycles. The van der Waals surface area contributed by atoms with Gasteiger partial charge in [0.2, 0.25) is 0 Å². The fraction of sp³-hybridized carbons (Fsp3) is 0.538. The van der Waals surface area contributed by atoms with Crippen molar-refractivity contribution in [1.29, 1.82) is 0 Å². The largest absolute Gasteiger partial charge is 0.494 e. The minimum absolute atomic E-state index is 0.0390. The summed E-state index contributed by atoms with van der Waals surface area (Å²) in [5.41, 5.74) is 0.956. The highest BCUT2D eigenvalue weighted by Gasteiger charge is 2.25. The van der Waals surface area contributed by atoms with Gasteiger partial charge in [0.25, 0.3) is 5.69 Å². The van der Waals surface area contributed by atoms with Gasteiger partial charge in [-0.15, -0.1) is 0 Å². The van der Waals surface area contributed by atoms with Crippen molar-refractivity contribution < 1.29 is 9.66 Å². The Labute approximate surface area is 120 Å². The highest BCUT2D eigenvalue weighted by molar-refractivity contribution is 9.10. The van der Waals surface area contributed by atoms with Gasteiger partial charge in [0, 0.05) is 18.7 Å². The monoisotopic (exact) mass is 328 g/mol. The zero-order valence-electron chi connectivity index (χ0n) is 11.1. The van der Waals surface area contributed by atoms with Crippen molar-refractivity contribution in [2.24, 2.45) is 0 Å². The number of methoxy groups -OCH3 is 1. The van der Waals surface area contributed by atoms with E-state index in [9.17, 15) is 10.1 Å². The van der Waals surface area contributed by atoms with Gasteiger partial charge < -0.3 is 9.64 Å². The molecule has 19 heavy (non-hydrogen) atoms. The summed E-state index contributed by atoms with van der Waals surface area (Å²) in [5, 5.41) is 10.9. The molecule has 1 aromatic rings. The first-order valence-corrected chi connectivity index (χ1v) is 7.12. The molecule has 0 aromatic heterocycles. The van der Waals surface area contributed by atoms with Crippen LogP contribution in [-0.4, -0.2) is 24.6 Å². The molecular formula is C13H17BrN2O3. The zero-order chi connectivity index (χ0) is 14.0. The molecule has 5 nitrogen and oxygen atoms in total. The lowest BCUT2D eigenvalue weighted by atomic mass is 10.0. The van der Waals surface area contributed by atoms with Gasteiger partial charge in [-0.2, -0.15) is 0 Å². The van der Waals surface area contributed by atoms with Crippen LogP contribution in [0.15, 0.2) is 16.6 Å². The average molecular weight is 329 g/mol. The Hall–Kier alpha value is -1.30. The number of non-ortho nitro benzene ring substituents is 1. The van der Waals surface area contributed by atoms with E-state index in [1.165, 1.54) is 12.5 Å². The first kappa shape index (κ1) is 14.1. The van der Waals surface area contributed by atoms with Crippen LogP contribution < -0.4 is 9.64 Å². The van der Waals surface area contributed by atoms with Crippen LogP contribution in [0, 0.1) is 10.1 Å². The fourth-order valence-corrected chi connectivity index (χ4v) is 3.19. The Morgan fingerprint density at radius 3 is 2.79 bits per heavy atom. The summed E-state index contributed by atoms with van der Waals surface area (Å²) in [4.78, 5) is 12.7. The van der Waals surface area contributed by atoms with Crippen LogP contribution >= 0.6 is 15.9 Å². The number of hydrogen-bond acceptors (Lipinski definition) is 4. The number of anilines is 1. The SMILES string of the molecule is COc1cc([N+](=O)[O-])cc(Br)c1N1CCCCC1C. The normalized spacial score (nSPS) is 19.3. The van der Waals surface area contributed by atoms with Crippen LogP contribution in [0.3, 0.4) is 0 Å². The van der Waals surface area contributed by atoms with Gasteiger partial charge in [0.15, 0.2) is 0 Å². The van der Waals surface area contributed by atoms with Crippen molar-refractivity contribution in [2.45, 2.75) is 32.2 Å². The molecule has 1 aliphatic heterocycles. The number of piperidine rings is 1. The van der Waals surface area contributed by atoms with Crippen LogP contribution in [0.5, 0.6) is 5.75 Å². The van der Waals surface area contributed by atoms with Gasteiger partial charge in [-0.1, -0.05) is 0 Å². The van der Waals surface area contributed by atoms with Gasteiger partial charge >= 0.3 is 0 Å². The van der Waals surface area contributed by atoms with E-state index >= 15 is 0 Å². The summed E-state index contributed by atoms with van der Waals surface area (Å²) >= 11 is 3.44. The number of hydrogen-bond donors (Lipinski definition) is 0. The molecule has 2 rings (SSSR count). The lowest BCUT2D eigenvalue weighted by molar-refractivity contribution is -0.385. The van der Waals surface area contributed by atoms with Crippen LogP contribution in [0.4, 0.5) is 11.4 Å². The number of ether oxygens (including phenoxy) is 1. The maximum atomic E-state index is 10.9. The van der Waals surface area contributed by atoms with Crippen LogP contribution in [0.2, 0.25) is 0 Å². The average Bonchev–Trinajstić information content (AvgIpc) is 2.39. The lowest BCUT2D eigenvalue weighted by Gasteiger charge is -2.36. The molecule has 1 unspecified atom stereocenters. The Morgan fingerprint density at radius 1 is 1.47 bits per heavy atom. The van der Waals surface area contributed by atoms with Crippen molar-refractivity contribution >= 4 is 27.3 Å². The summed E-state index contributed by atoms with van der Waals surface area (Å²) in [5.74, 6) is 0.551. The van der Waals surface area contributed by atoms with Gasteiger partial charge in [-0.25, -0.2) is 0 Å². The minimum atomic E-state index is -0.406. The van der Waals surface area contributed by atoms with E-state index in [0.29, 0.717) is 16.3 Å². The molecule has 0 radical (unpaired) electrons. The third-order valence-electron chi connectivity index (χ3n) is 3.53. The van der Waals surface area contributed by atoms with Crippen LogP contribution in [-0.2, 0) is 0 Å². The third-order valence-corrected chi connectivity index (χ3v) is 4.14. The molecule has 104 valence electrons. The predicted molar refractivity (Wildman–Crippen MR) is 78.0 cm³/mol. The summed E-state index contributed by atoms with van der Waals surface area (Å²) in [7, 11) is 1.55. The zero-order valence-corrected chi connectivity index (χ0v) is 12.6. The van der Waals surface area contributed by atoms with E-state index in [2.05, 4.69) is 27.8 Å². The Morgan fingerprint density at radius 2 is 2.21 bits per heavy atom. The standard InChI is InChI=1S/C13H17BrN2O3/c1-9-5-3-4-6-15(9)13-11(14)7-10(16(17)18)8-12(13)19-2/h7-9H,3-6H2,1-2H3. The summed E-state index contributed by atoms with van der Waals surface area (Å²) in [6, 6.07) is 3.45. The molecule has 6 heteroatoms. The Kier molecular flexibility index (Phi) is 4.29. The lowest BCUT2D eigenvalue weighted by Crippen LogP contribution is -2.37. The summed E-state index contributed by atoms with van der Waals surface area (Å²) in [6.07, 6.45) is 3.49. The second kappa shape index (κ2) is 5.77. The third kappa shape index (κ3) is 2.83. The molecule has 1 heterocycles. The molecule has 0 saturated carbocycles. The first-order valence-electron chi connectivity index (χ1n) is 6.33. The van der Waals surface area contributed by atoms with Crippen LogP contribution in [0.1, 0.15) is 26.2 Å². The first-order chi connectivity index (χ1) is 9.04. The molecule has 0 bridgehead atoms. The van der Waals surface area contributed by atoms with Gasteiger partial charge in [0.1, 0.15) is 5.75 Å². The van der Waals surface area contributed by atoms with E-state index in [4.69, 9.17) is 4.74 Å². The molecule has 0 N–H and O–H groups in total. The highest BCUT2D eigenvalue weighted by atomic mass is 79.9. The van der Waals surface area contributed by atoms with E-state index < -0.39 is 4.92 Å². The van der Waals surface area contributed by atoms with E-state index in [-0.39, 0.29) is 5.69 Å². The Bertz CT molecular complexity index is 493. The minimum Gasteiger partial charge on any atom is -0.494 e. The van der Waals surface area contributed by atoms with Gasteiger partial charge in [-0.05, 0) is 42.1 Å². The quantitative estimate of drug-likeness (QED) is 0.626. The molecular weight excluding hydrogens is 312 g/mol. The number of benzene rings is 1. The maximum Gasteiger partial charge on any atom is 0.274 e. The number of nitrogens with zero attached hydrogens (tertiary/aromatic N) is 2. The van der Waals surface area contributed by atoms with E-state index in [1.54, 1.807) is 13.2 Å². The highest BCUT2D eigenvalue weighted by Crippen LogP contribution is 2.41. The summed E-state index contributed by atoms with van der Waals surface area (Å²) in [6.45, 7) is 3.13. The summed E-state index contributed by atoms with van der Waals surface area (Å²) < 4.78 is 6.06. The topological polar surface area (TPSA) is 55.6 Å². The van der Waals surface area contributed by atoms with Crippen molar-refractivity contribution in [1.82, 2.24) is 0 Å². The molecule has 0 amide bonds. The van der Waals surface area contributed by atoms with E-state index in [0.717, 1.165) is 25.1 Å². The molecule has 1 atom stereocenters. The molecule has 1 fully saturated rings. The van der Waals surface area contributed by atoms with Crippen LogP contribution in [0.25, 0.3) is 0 Å². The molecule has 0 aliphatic carbocycles. The van der Waals surface area contributed by atoms with Gasteiger partial charge in [-0.3, -0.25) is 10.1 Å². The van der Waals surface area contributed by atoms with Gasteiger partial charge in [0.05, 0.1) is 28.3 Å². The molecule has 0 spiro atoms. The number of rotatable bonds is 3. The molecule has 1 saturated heterocycles. The predicted octanol–water partition coefficient (Wildman–Crippen LogP) is 3.74. The fourth-order valence-electron chi connectivity index (χ4n) is 2.53. The van der Waals surface area contributed by atoms with Crippen molar-refractivity contribution in [3.05, 3.63) is 26.7 Å². The second-order valence-electron chi connectivity index (χ2n) is 4.77. The molecule has 1 aliphatic rings. The number of halogens is 1. The number of nitro groups is 1. The maximum absolute atomic E-state index is 10.9. The van der Waals surface area contributed by atoms with Crippen molar-refractivity contribution in [3.63, 3.8) is 0 Å². The van der Waals surface area contributed by atoms with Crippen molar-refractivity contribution in [2.75, 3.05) is 18.6 Å². The second-order valence-corrected chi connectivity index (χ2v) is 5.63. The van der Waals surface area contributed by atoms with E-state index in [1.807, 2.05) is 0 Å².